The monoisotopic (exact) mass is 344 g/mol. The molecule has 3 nitrogen and oxygen atoms in total. The summed E-state index contributed by atoms with van der Waals surface area (Å²) in [7, 11) is 0. The van der Waals surface area contributed by atoms with Gasteiger partial charge in [-0.3, -0.25) is 4.79 Å². The molecule has 0 radical (unpaired) electrons. The number of amides is 1. The minimum atomic E-state index is -0.744. The molecule has 0 fully saturated rings. The van der Waals surface area contributed by atoms with Crippen LogP contribution in [-0.2, 0) is 11.2 Å². The number of hydrogen-bond acceptors (Lipinski definition) is 4. The lowest BCUT2D eigenvalue weighted by atomic mass is 10.3. The fourth-order valence-corrected chi connectivity index (χ4v) is 3.79. The second-order valence-electron chi connectivity index (χ2n) is 4.18. The predicted octanol–water partition coefficient (Wildman–Crippen LogP) is 4.47. The van der Waals surface area contributed by atoms with E-state index in [1.807, 2.05) is 0 Å². The summed E-state index contributed by atoms with van der Waals surface area (Å²) in [5.41, 5.74) is 0.0517. The Kier molecular flexibility index (Phi) is 3.88. The van der Waals surface area contributed by atoms with E-state index in [4.69, 9.17) is 11.6 Å². The van der Waals surface area contributed by atoms with E-state index in [9.17, 15) is 13.6 Å². The number of thiophene rings is 1. The van der Waals surface area contributed by atoms with E-state index in [1.165, 1.54) is 17.4 Å². The molecule has 21 heavy (non-hydrogen) atoms. The van der Waals surface area contributed by atoms with Gasteiger partial charge in [-0.25, -0.2) is 13.8 Å². The standard InChI is InChI=1S/C13H7ClF2N2OS2/c14-10-2-1-7(20-10)5-11(19)17-13-18-12-8(16)3-6(15)4-9(12)21-13/h1-4H,5H2,(H,17,18,19). The van der Waals surface area contributed by atoms with Crippen LogP contribution < -0.4 is 5.32 Å². The first-order chi connectivity index (χ1) is 10.0. The molecule has 0 saturated heterocycles. The van der Waals surface area contributed by atoms with Crippen LogP contribution in [0.15, 0.2) is 24.3 Å². The number of fused-ring (bicyclic) bond motifs is 1. The summed E-state index contributed by atoms with van der Waals surface area (Å²) in [4.78, 5) is 16.6. The third kappa shape index (κ3) is 3.20. The van der Waals surface area contributed by atoms with Gasteiger partial charge in [0.2, 0.25) is 5.91 Å². The zero-order valence-corrected chi connectivity index (χ0v) is 12.7. The van der Waals surface area contributed by atoms with Gasteiger partial charge in [0, 0.05) is 10.9 Å². The fraction of sp³-hybridized carbons (Fsp3) is 0.0769. The van der Waals surface area contributed by atoms with Crippen LogP contribution >= 0.6 is 34.3 Å². The molecule has 1 N–H and O–H groups in total. The molecule has 1 amide bonds. The average molecular weight is 345 g/mol. The van der Waals surface area contributed by atoms with Gasteiger partial charge >= 0.3 is 0 Å². The molecule has 0 aliphatic carbocycles. The normalized spacial score (nSPS) is 11.0. The molecule has 0 atom stereocenters. The van der Waals surface area contributed by atoms with Gasteiger partial charge in [-0.1, -0.05) is 22.9 Å². The highest BCUT2D eigenvalue weighted by Gasteiger charge is 2.13. The van der Waals surface area contributed by atoms with Crippen molar-refractivity contribution >= 4 is 55.5 Å². The summed E-state index contributed by atoms with van der Waals surface area (Å²) >= 11 is 8.13. The first kappa shape index (κ1) is 14.4. The van der Waals surface area contributed by atoms with Crippen molar-refractivity contribution in [3.05, 3.63) is 45.1 Å². The minimum absolute atomic E-state index is 0.0517. The summed E-state index contributed by atoms with van der Waals surface area (Å²) in [6, 6.07) is 5.43. The molecule has 2 aromatic heterocycles. The maximum Gasteiger partial charge on any atom is 0.231 e. The summed E-state index contributed by atoms with van der Waals surface area (Å²) in [6.45, 7) is 0. The Morgan fingerprint density at radius 1 is 1.29 bits per heavy atom. The zero-order chi connectivity index (χ0) is 15.0. The molecule has 0 saturated carbocycles. The quantitative estimate of drug-likeness (QED) is 0.761. The van der Waals surface area contributed by atoms with Gasteiger partial charge in [-0.2, -0.15) is 0 Å². The smallest absolute Gasteiger partial charge is 0.231 e. The Hall–Kier alpha value is -1.57. The third-order valence-electron chi connectivity index (χ3n) is 2.62. The molecule has 3 aromatic rings. The topological polar surface area (TPSA) is 42.0 Å². The van der Waals surface area contributed by atoms with E-state index in [1.54, 1.807) is 12.1 Å². The lowest BCUT2D eigenvalue weighted by Crippen LogP contribution is -2.13. The highest BCUT2D eigenvalue weighted by Crippen LogP contribution is 2.29. The number of carbonyl (C=O) groups is 1. The van der Waals surface area contributed by atoms with Crippen molar-refractivity contribution in [3.63, 3.8) is 0 Å². The van der Waals surface area contributed by atoms with Gasteiger partial charge in [0.15, 0.2) is 10.9 Å². The van der Waals surface area contributed by atoms with Crippen LogP contribution in [0.5, 0.6) is 0 Å². The fourth-order valence-electron chi connectivity index (χ4n) is 1.78. The van der Waals surface area contributed by atoms with E-state index in [0.29, 0.717) is 9.04 Å². The number of benzene rings is 1. The van der Waals surface area contributed by atoms with Gasteiger partial charge in [0.05, 0.1) is 15.5 Å². The number of nitrogens with one attached hydrogen (secondary N) is 1. The predicted molar refractivity (Wildman–Crippen MR) is 81.2 cm³/mol. The molecule has 108 valence electrons. The zero-order valence-electron chi connectivity index (χ0n) is 10.3. The molecule has 1 aromatic carbocycles. The Labute approximate surface area is 131 Å². The van der Waals surface area contributed by atoms with Crippen LogP contribution in [0, 0.1) is 11.6 Å². The Morgan fingerprint density at radius 3 is 2.81 bits per heavy atom. The molecule has 0 unspecified atom stereocenters. The van der Waals surface area contributed by atoms with E-state index in [2.05, 4.69) is 10.3 Å². The van der Waals surface area contributed by atoms with Gasteiger partial charge in [-0.15, -0.1) is 11.3 Å². The third-order valence-corrected chi connectivity index (χ3v) is 4.77. The Bertz CT molecular complexity index is 831. The number of hydrogen-bond donors (Lipinski definition) is 1. The van der Waals surface area contributed by atoms with Crippen LogP contribution in [-0.4, -0.2) is 10.9 Å². The molecule has 0 bridgehead atoms. The number of carbonyl (C=O) groups excluding carboxylic acids is 1. The van der Waals surface area contributed by atoms with Crippen molar-refractivity contribution in [2.45, 2.75) is 6.42 Å². The van der Waals surface area contributed by atoms with Crippen LogP contribution in [0.1, 0.15) is 4.88 Å². The van der Waals surface area contributed by atoms with Gasteiger partial charge in [-0.05, 0) is 18.2 Å². The summed E-state index contributed by atoms with van der Waals surface area (Å²) < 4.78 is 27.6. The maximum atomic E-state index is 13.5. The number of aromatic nitrogens is 1. The van der Waals surface area contributed by atoms with Crippen LogP contribution in [0.2, 0.25) is 4.34 Å². The lowest BCUT2D eigenvalue weighted by Gasteiger charge is -1.98. The van der Waals surface area contributed by atoms with Crippen molar-refractivity contribution in [2.24, 2.45) is 0 Å². The number of thiazole rings is 1. The second kappa shape index (κ2) is 5.67. The molecular weight excluding hydrogens is 338 g/mol. The molecule has 0 spiro atoms. The van der Waals surface area contributed by atoms with Crippen molar-refractivity contribution in [1.29, 1.82) is 0 Å². The summed E-state index contributed by atoms with van der Waals surface area (Å²) in [5, 5.41) is 2.82. The van der Waals surface area contributed by atoms with Crippen LogP contribution in [0.4, 0.5) is 13.9 Å². The van der Waals surface area contributed by atoms with E-state index in [-0.39, 0.29) is 23.0 Å². The first-order valence-electron chi connectivity index (χ1n) is 5.81. The van der Waals surface area contributed by atoms with Gasteiger partial charge in [0.25, 0.3) is 0 Å². The number of halogens is 3. The highest BCUT2D eigenvalue weighted by molar-refractivity contribution is 7.22. The lowest BCUT2D eigenvalue weighted by molar-refractivity contribution is -0.115. The van der Waals surface area contributed by atoms with Crippen molar-refractivity contribution < 1.29 is 13.6 Å². The molecular formula is C13H7ClF2N2OS2. The van der Waals surface area contributed by atoms with Crippen molar-refractivity contribution in [2.75, 3.05) is 5.32 Å². The Morgan fingerprint density at radius 2 is 2.10 bits per heavy atom. The van der Waals surface area contributed by atoms with Crippen molar-refractivity contribution in [3.8, 4) is 0 Å². The number of anilines is 1. The molecule has 0 aliphatic heterocycles. The minimum Gasteiger partial charge on any atom is -0.302 e. The summed E-state index contributed by atoms with van der Waals surface area (Å²) in [5.74, 6) is -1.70. The largest absolute Gasteiger partial charge is 0.302 e. The average Bonchev–Trinajstić information content (AvgIpc) is 2.95. The molecule has 8 heteroatoms. The van der Waals surface area contributed by atoms with Crippen LogP contribution in [0.3, 0.4) is 0 Å². The van der Waals surface area contributed by atoms with Gasteiger partial charge < -0.3 is 5.32 Å². The maximum absolute atomic E-state index is 13.5. The summed E-state index contributed by atoms with van der Waals surface area (Å²) in [6.07, 6.45) is 0.157. The molecule has 0 aliphatic rings. The van der Waals surface area contributed by atoms with E-state index < -0.39 is 11.6 Å². The SMILES string of the molecule is O=C(Cc1ccc(Cl)s1)Nc1nc2c(F)cc(F)cc2s1. The second-order valence-corrected chi connectivity index (χ2v) is 7.01. The first-order valence-corrected chi connectivity index (χ1v) is 7.82. The molecule has 2 heterocycles. The van der Waals surface area contributed by atoms with Crippen LogP contribution in [0.25, 0.3) is 10.2 Å². The highest BCUT2D eigenvalue weighted by atomic mass is 35.5. The van der Waals surface area contributed by atoms with E-state index in [0.717, 1.165) is 22.3 Å². The van der Waals surface area contributed by atoms with Crippen molar-refractivity contribution in [1.82, 2.24) is 4.98 Å². The Balaban J connectivity index is 1.78. The number of rotatable bonds is 3. The molecule has 3 rings (SSSR count). The van der Waals surface area contributed by atoms with E-state index >= 15 is 0 Å². The van der Waals surface area contributed by atoms with Gasteiger partial charge in [0.1, 0.15) is 11.3 Å². The number of nitrogens with zero attached hydrogens (tertiary/aromatic N) is 1.